The molecule has 0 amide bonds. The summed E-state index contributed by atoms with van der Waals surface area (Å²) in [5, 5.41) is 11.5. The minimum atomic E-state index is -0.315. The zero-order valence-electron chi connectivity index (χ0n) is 11.0. The van der Waals surface area contributed by atoms with Crippen LogP contribution < -0.4 is 10.6 Å². The Labute approximate surface area is 112 Å². The molecule has 4 nitrogen and oxygen atoms in total. The molecule has 1 fully saturated rings. The Bertz CT molecular complexity index is 454. The molecule has 1 heterocycles. The van der Waals surface area contributed by atoms with Crippen molar-refractivity contribution in [3.8, 4) is 0 Å². The molecule has 0 unspecified atom stereocenters. The van der Waals surface area contributed by atoms with Crippen LogP contribution in [0.5, 0.6) is 0 Å². The van der Waals surface area contributed by atoms with Gasteiger partial charge in [-0.1, -0.05) is 24.4 Å². The van der Waals surface area contributed by atoms with E-state index in [1.54, 1.807) is 12.1 Å². The summed E-state index contributed by atoms with van der Waals surface area (Å²) in [4.78, 5) is 2.09. The highest BCUT2D eigenvalue weighted by Gasteiger charge is 2.14. The molecule has 0 spiro atoms. The molecule has 0 bridgehead atoms. The van der Waals surface area contributed by atoms with Crippen LogP contribution in [0.15, 0.2) is 23.4 Å². The van der Waals surface area contributed by atoms with Crippen LogP contribution in [0.25, 0.3) is 0 Å². The van der Waals surface area contributed by atoms with Crippen molar-refractivity contribution in [3.05, 3.63) is 29.6 Å². The lowest BCUT2D eigenvalue weighted by atomic mass is 10.1. The fraction of sp³-hybridized carbons (Fsp3) is 0.500. The Morgan fingerprint density at radius 3 is 2.37 bits per heavy atom. The van der Waals surface area contributed by atoms with Crippen molar-refractivity contribution in [2.24, 2.45) is 10.9 Å². The van der Waals surface area contributed by atoms with Gasteiger partial charge in [-0.15, -0.1) is 0 Å². The summed E-state index contributed by atoms with van der Waals surface area (Å²) in [7, 11) is 0. The quantitative estimate of drug-likeness (QED) is 0.374. The van der Waals surface area contributed by atoms with E-state index >= 15 is 0 Å². The van der Waals surface area contributed by atoms with Gasteiger partial charge in [0.25, 0.3) is 0 Å². The van der Waals surface area contributed by atoms with Gasteiger partial charge in [-0.25, -0.2) is 4.39 Å². The zero-order chi connectivity index (χ0) is 13.7. The number of anilines is 1. The standard InChI is InChI=1S/C14H20FN3O/c15-12-10-11(14(16)17-19)6-7-13(12)18-8-4-2-1-3-5-9-18/h6-7,10,19H,1-5,8-9H2,(H2,16,17). The van der Waals surface area contributed by atoms with E-state index in [0.29, 0.717) is 11.3 Å². The predicted molar refractivity (Wildman–Crippen MR) is 74.2 cm³/mol. The Morgan fingerprint density at radius 2 is 1.79 bits per heavy atom. The van der Waals surface area contributed by atoms with E-state index in [-0.39, 0.29) is 11.7 Å². The number of nitrogens with zero attached hydrogens (tertiary/aromatic N) is 2. The summed E-state index contributed by atoms with van der Waals surface area (Å²) in [5.41, 5.74) is 6.46. The Hall–Kier alpha value is -1.78. The molecule has 19 heavy (non-hydrogen) atoms. The lowest BCUT2D eigenvalue weighted by Crippen LogP contribution is -2.28. The minimum Gasteiger partial charge on any atom is -0.409 e. The fourth-order valence-electron chi connectivity index (χ4n) is 2.47. The second-order valence-electron chi connectivity index (χ2n) is 4.91. The van der Waals surface area contributed by atoms with Gasteiger partial charge in [0.2, 0.25) is 0 Å². The van der Waals surface area contributed by atoms with Crippen molar-refractivity contribution in [3.63, 3.8) is 0 Å². The Morgan fingerprint density at radius 1 is 1.16 bits per heavy atom. The molecular weight excluding hydrogens is 245 g/mol. The van der Waals surface area contributed by atoms with E-state index in [9.17, 15) is 4.39 Å². The molecular formula is C14H20FN3O. The maximum Gasteiger partial charge on any atom is 0.170 e. The van der Waals surface area contributed by atoms with Crippen molar-refractivity contribution in [1.29, 1.82) is 0 Å². The van der Waals surface area contributed by atoms with Gasteiger partial charge in [0.05, 0.1) is 5.69 Å². The molecule has 0 radical (unpaired) electrons. The largest absolute Gasteiger partial charge is 0.409 e. The average Bonchev–Trinajstić information content (AvgIpc) is 2.38. The first-order chi connectivity index (χ1) is 9.22. The molecule has 5 heteroatoms. The molecule has 3 N–H and O–H groups in total. The van der Waals surface area contributed by atoms with Crippen molar-refractivity contribution in [1.82, 2.24) is 0 Å². The van der Waals surface area contributed by atoms with E-state index in [1.807, 2.05) is 0 Å². The van der Waals surface area contributed by atoms with Crippen LogP contribution in [-0.2, 0) is 0 Å². The second kappa shape index (κ2) is 6.41. The third-order valence-electron chi connectivity index (χ3n) is 3.55. The van der Waals surface area contributed by atoms with Gasteiger partial charge in [-0.2, -0.15) is 0 Å². The fourth-order valence-corrected chi connectivity index (χ4v) is 2.47. The Balaban J connectivity index is 2.19. The molecule has 0 aromatic heterocycles. The molecule has 104 valence electrons. The van der Waals surface area contributed by atoms with Crippen LogP contribution >= 0.6 is 0 Å². The van der Waals surface area contributed by atoms with Gasteiger partial charge in [0.1, 0.15) is 5.82 Å². The molecule has 0 saturated carbocycles. The summed E-state index contributed by atoms with van der Waals surface area (Å²) in [6, 6.07) is 4.72. The van der Waals surface area contributed by atoms with Crippen molar-refractivity contribution in [2.75, 3.05) is 18.0 Å². The van der Waals surface area contributed by atoms with E-state index in [2.05, 4.69) is 10.1 Å². The van der Waals surface area contributed by atoms with E-state index < -0.39 is 0 Å². The maximum atomic E-state index is 14.1. The molecule has 1 aliphatic heterocycles. The number of rotatable bonds is 2. The molecule has 1 aromatic carbocycles. The SMILES string of the molecule is N/C(=N\O)c1ccc(N2CCCCCCC2)c(F)c1. The number of nitrogens with two attached hydrogens (primary N) is 1. The van der Waals surface area contributed by atoms with Gasteiger partial charge in [-0.3, -0.25) is 0 Å². The summed E-state index contributed by atoms with van der Waals surface area (Å²) in [6.45, 7) is 1.78. The van der Waals surface area contributed by atoms with Crippen molar-refractivity contribution >= 4 is 11.5 Å². The lowest BCUT2D eigenvalue weighted by Gasteiger charge is -2.27. The van der Waals surface area contributed by atoms with Gasteiger partial charge in [-0.05, 0) is 31.0 Å². The molecule has 2 rings (SSSR count). The molecule has 0 atom stereocenters. The van der Waals surface area contributed by atoms with Crippen molar-refractivity contribution < 1.29 is 9.60 Å². The van der Waals surface area contributed by atoms with Crippen LogP contribution in [0.2, 0.25) is 0 Å². The molecule has 0 aliphatic carbocycles. The van der Waals surface area contributed by atoms with E-state index in [0.717, 1.165) is 25.9 Å². The second-order valence-corrected chi connectivity index (χ2v) is 4.91. The van der Waals surface area contributed by atoms with E-state index in [4.69, 9.17) is 10.9 Å². The van der Waals surface area contributed by atoms with Crippen LogP contribution in [0.4, 0.5) is 10.1 Å². The Kier molecular flexibility index (Phi) is 4.60. The number of benzene rings is 1. The lowest BCUT2D eigenvalue weighted by molar-refractivity contribution is 0.318. The molecule has 1 aromatic rings. The van der Waals surface area contributed by atoms with Gasteiger partial charge >= 0.3 is 0 Å². The topological polar surface area (TPSA) is 61.9 Å². The van der Waals surface area contributed by atoms with Crippen LogP contribution in [0, 0.1) is 5.82 Å². The number of hydrogen-bond acceptors (Lipinski definition) is 3. The van der Waals surface area contributed by atoms with Crippen LogP contribution in [-0.4, -0.2) is 24.1 Å². The first-order valence-electron chi connectivity index (χ1n) is 6.75. The van der Waals surface area contributed by atoms with Gasteiger partial charge in [0, 0.05) is 18.7 Å². The van der Waals surface area contributed by atoms with Gasteiger partial charge in [0.15, 0.2) is 5.84 Å². The summed E-state index contributed by atoms with van der Waals surface area (Å²) in [6.07, 6.45) is 5.89. The number of halogens is 1. The highest BCUT2D eigenvalue weighted by molar-refractivity contribution is 5.97. The third-order valence-corrected chi connectivity index (χ3v) is 3.55. The average molecular weight is 265 g/mol. The maximum absolute atomic E-state index is 14.1. The third kappa shape index (κ3) is 3.36. The molecule has 1 aliphatic rings. The number of hydrogen-bond donors (Lipinski definition) is 2. The smallest absolute Gasteiger partial charge is 0.170 e. The number of oxime groups is 1. The highest BCUT2D eigenvalue weighted by atomic mass is 19.1. The van der Waals surface area contributed by atoms with Crippen LogP contribution in [0.3, 0.4) is 0 Å². The zero-order valence-corrected chi connectivity index (χ0v) is 11.0. The molecule has 1 saturated heterocycles. The summed E-state index contributed by atoms with van der Waals surface area (Å²) < 4.78 is 14.1. The predicted octanol–water partition coefficient (Wildman–Crippen LogP) is 2.69. The van der Waals surface area contributed by atoms with Gasteiger partial charge < -0.3 is 15.8 Å². The monoisotopic (exact) mass is 265 g/mol. The van der Waals surface area contributed by atoms with Crippen molar-refractivity contribution in [2.45, 2.75) is 32.1 Å². The van der Waals surface area contributed by atoms with E-state index in [1.165, 1.54) is 25.3 Å². The number of amidine groups is 1. The summed E-state index contributed by atoms with van der Waals surface area (Å²) >= 11 is 0. The minimum absolute atomic E-state index is 0.0712. The summed E-state index contributed by atoms with van der Waals surface area (Å²) in [5.74, 6) is -0.386. The normalized spacial score (nSPS) is 17.9. The van der Waals surface area contributed by atoms with Crippen LogP contribution in [0.1, 0.15) is 37.7 Å². The first-order valence-corrected chi connectivity index (χ1v) is 6.75. The highest BCUT2D eigenvalue weighted by Crippen LogP contribution is 2.23. The first kappa shape index (κ1) is 13.6.